The summed E-state index contributed by atoms with van der Waals surface area (Å²) in [6.07, 6.45) is 12.6. The Bertz CT molecular complexity index is 845. The van der Waals surface area contributed by atoms with Gasteiger partial charge in [0, 0.05) is 6.42 Å². The summed E-state index contributed by atoms with van der Waals surface area (Å²) in [5, 5.41) is 21.6. The van der Waals surface area contributed by atoms with Crippen molar-refractivity contribution in [1.29, 1.82) is 0 Å². The van der Waals surface area contributed by atoms with Gasteiger partial charge in [-0.2, -0.15) is 0 Å². The second-order valence-corrected chi connectivity index (χ2v) is 12.3. The Morgan fingerprint density at radius 2 is 1.97 bits per heavy atom. The van der Waals surface area contributed by atoms with Crippen molar-refractivity contribution in [3.05, 3.63) is 24.3 Å². The van der Waals surface area contributed by atoms with Crippen LogP contribution in [0.5, 0.6) is 0 Å². The molecule has 4 heteroatoms. The maximum atomic E-state index is 13.0. The molecular formula is C29H44O4. The highest BCUT2D eigenvalue weighted by Crippen LogP contribution is 2.67. The minimum atomic E-state index is -0.849. The number of carboxylic acids is 1. The predicted molar refractivity (Wildman–Crippen MR) is 131 cm³/mol. The Kier molecular flexibility index (Phi) is 6.48. The lowest BCUT2D eigenvalue weighted by atomic mass is 9.45. The first-order valence-corrected chi connectivity index (χ1v) is 13.3. The largest absolute Gasteiger partial charge is 0.481 e. The van der Waals surface area contributed by atoms with Crippen LogP contribution in [-0.2, 0) is 9.59 Å². The van der Waals surface area contributed by atoms with Crippen molar-refractivity contribution in [1.82, 2.24) is 0 Å². The molecule has 0 aromatic rings. The zero-order valence-corrected chi connectivity index (χ0v) is 21.1. The topological polar surface area (TPSA) is 74.6 Å². The molecule has 0 saturated heterocycles. The van der Waals surface area contributed by atoms with E-state index in [0.29, 0.717) is 37.0 Å². The van der Waals surface area contributed by atoms with Crippen LogP contribution in [-0.4, -0.2) is 27.6 Å². The zero-order valence-electron chi connectivity index (χ0n) is 21.1. The number of hydrogen-bond acceptors (Lipinski definition) is 3. The van der Waals surface area contributed by atoms with E-state index in [1.165, 1.54) is 0 Å². The first kappa shape index (κ1) is 24.7. The number of carbonyl (C=O) groups is 2. The van der Waals surface area contributed by atoms with Gasteiger partial charge in [0.1, 0.15) is 0 Å². The van der Waals surface area contributed by atoms with Gasteiger partial charge >= 0.3 is 5.97 Å². The Morgan fingerprint density at radius 1 is 1.24 bits per heavy atom. The molecule has 4 aliphatic carbocycles. The Balaban J connectivity index is 1.57. The standard InChI is InChI=1S/C29H44O4/c1-6-28(33,18(2)3)15-11-19(4)23-9-10-25-22-8-7-20-17-21(30)12-14-27(20,5)24(22)13-16-29(23,25)26(31)32/h12,14,19-20,22-25,33H,2,6-11,13,15-17H2,1,3-5H3,(H,31,32)/t19-,20?,22-,23-,24+,25+,27+,28-,29+/m1/s1. The first-order valence-electron chi connectivity index (χ1n) is 13.3. The number of carboxylic acid groups (broad SMARTS) is 1. The van der Waals surface area contributed by atoms with Crippen LogP contribution in [0.1, 0.15) is 91.9 Å². The molecule has 0 radical (unpaired) electrons. The third-order valence-electron chi connectivity index (χ3n) is 11.1. The molecule has 184 valence electrons. The second-order valence-electron chi connectivity index (χ2n) is 12.3. The van der Waals surface area contributed by atoms with Gasteiger partial charge in [-0.3, -0.25) is 9.59 Å². The fraction of sp³-hybridized carbons (Fsp3) is 0.793. The molecule has 0 spiro atoms. The lowest BCUT2D eigenvalue weighted by Crippen LogP contribution is -2.55. The fourth-order valence-electron chi connectivity index (χ4n) is 8.93. The van der Waals surface area contributed by atoms with E-state index >= 15 is 0 Å². The third-order valence-corrected chi connectivity index (χ3v) is 11.1. The van der Waals surface area contributed by atoms with Gasteiger partial charge in [-0.25, -0.2) is 0 Å². The summed E-state index contributed by atoms with van der Waals surface area (Å²) in [7, 11) is 0. The van der Waals surface area contributed by atoms with Crippen LogP contribution in [0.15, 0.2) is 24.3 Å². The highest BCUT2D eigenvalue weighted by atomic mass is 16.4. The van der Waals surface area contributed by atoms with Crippen molar-refractivity contribution in [3.63, 3.8) is 0 Å². The Morgan fingerprint density at radius 3 is 2.61 bits per heavy atom. The molecule has 3 saturated carbocycles. The van der Waals surface area contributed by atoms with Gasteiger partial charge in [0.15, 0.2) is 5.78 Å². The molecule has 2 N–H and O–H groups in total. The maximum Gasteiger partial charge on any atom is 0.310 e. The van der Waals surface area contributed by atoms with E-state index in [9.17, 15) is 19.8 Å². The molecular weight excluding hydrogens is 412 g/mol. The van der Waals surface area contributed by atoms with Crippen LogP contribution in [0.2, 0.25) is 0 Å². The lowest BCUT2D eigenvalue weighted by Gasteiger charge is -2.58. The molecule has 0 bridgehead atoms. The third kappa shape index (κ3) is 3.75. The van der Waals surface area contributed by atoms with Gasteiger partial charge in [0.05, 0.1) is 11.0 Å². The molecule has 9 atom stereocenters. The quantitative estimate of drug-likeness (QED) is 0.448. The number of fused-ring (bicyclic) bond motifs is 5. The average molecular weight is 457 g/mol. The first-order chi connectivity index (χ1) is 15.5. The Labute approximate surface area is 199 Å². The molecule has 0 aliphatic heterocycles. The molecule has 4 aliphatic rings. The van der Waals surface area contributed by atoms with Crippen LogP contribution in [0.4, 0.5) is 0 Å². The van der Waals surface area contributed by atoms with Gasteiger partial charge < -0.3 is 10.2 Å². The number of aliphatic carboxylic acids is 1. The van der Waals surface area contributed by atoms with Gasteiger partial charge in [0.25, 0.3) is 0 Å². The van der Waals surface area contributed by atoms with E-state index in [4.69, 9.17) is 0 Å². The van der Waals surface area contributed by atoms with Crippen molar-refractivity contribution < 1.29 is 19.8 Å². The number of allylic oxidation sites excluding steroid dienone is 2. The van der Waals surface area contributed by atoms with Crippen molar-refractivity contribution >= 4 is 11.8 Å². The number of carbonyl (C=O) groups excluding carboxylic acids is 1. The van der Waals surface area contributed by atoms with Crippen LogP contribution < -0.4 is 0 Å². The van der Waals surface area contributed by atoms with E-state index < -0.39 is 17.0 Å². The number of aliphatic hydroxyl groups is 1. The summed E-state index contributed by atoms with van der Waals surface area (Å²) in [5.74, 6) is 1.67. The number of hydrogen-bond donors (Lipinski definition) is 2. The molecule has 33 heavy (non-hydrogen) atoms. The van der Waals surface area contributed by atoms with E-state index in [1.807, 2.05) is 13.8 Å². The smallest absolute Gasteiger partial charge is 0.310 e. The molecule has 4 nitrogen and oxygen atoms in total. The molecule has 3 fully saturated rings. The van der Waals surface area contributed by atoms with Crippen molar-refractivity contribution in [2.45, 2.75) is 97.5 Å². The van der Waals surface area contributed by atoms with Gasteiger partial charge in [0.2, 0.25) is 0 Å². The summed E-state index contributed by atoms with van der Waals surface area (Å²) < 4.78 is 0. The Hall–Kier alpha value is -1.42. The molecule has 0 aromatic carbocycles. The monoisotopic (exact) mass is 456 g/mol. The molecule has 1 unspecified atom stereocenters. The SMILES string of the molecule is C=C(C)[C@@](O)(CC)CC[C@@H](C)[C@H]1CC[C@H]2[C@@H]3CCC4CC(=O)C=C[C@]4(C)[C@H]3CC[C@]12C(=O)O. The van der Waals surface area contributed by atoms with Gasteiger partial charge in [-0.15, -0.1) is 0 Å². The summed E-state index contributed by atoms with van der Waals surface area (Å²) in [5.41, 5.74) is -0.646. The highest BCUT2D eigenvalue weighted by Gasteiger charge is 2.65. The molecule has 0 amide bonds. The van der Waals surface area contributed by atoms with Gasteiger partial charge in [-0.05, 0) is 117 Å². The highest BCUT2D eigenvalue weighted by molar-refractivity contribution is 5.91. The van der Waals surface area contributed by atoms with Crippen molar-refractivity contribution in [2.24, 2.45) is 46.3 Å². The van der Waals surface area contributed by atoms with Gasteiger partial charge in [-0.1, -0.05) is 33.4 Å². The van der Waals surface area contributed by atoms with Crippen LogP contribution in [0, 0.1) is 46.3 Å². The van der Waals surface area contributed by atoms with Crippen LogP contribution in [0.25, 0.3) is 0 Å². The average Bonchev–Trinajstić information content (AvgIpc) is 3.19. The molecule has 4 rings (SSSR count). The van der Waals surface area contributed by atoms with E-state index in [-0.39, 0.29) is 29.0 Å². The molecule has 0 heterocycles. The maximum absolute atomic E-state index is 13.0. The number of rotatable bonds is 7. The summed E-state index contributed by atoms with van der Waals surface area (Å²) in [6, 6.07) is 0. The zero-order chi connectivity index (χ0) is 24.2. The normalized spacial score (nSPS) is 42.6. The fourth-order valence-corrected chi connectivity index (χ4v) is 8.93. The van der Waals surface area contributed by atoms with Crippen LogP contribution in [0.3, 0.4) is 0 Å². The van der Waals surface area contributed by atoms with Crippen LogP contribution >= 0.6 is 0 Å². The predicted octanol–water partition coefficient (Wildman–Crippen LogP) is 6.19. The van der Waals surface area contributed by atoms with E-state index in [0.717, 1.165) is 50.5 Å². The second kappa shape index (κ2) is 8.66. The molecule has 0 aromatic heterocycles. The summed E-state index contributed by atoms with van der Waals surface area (Å²) in [6.45, 7) is 12.4. The summed E-state index contributed by atoms with van der Waals surface area (Å²) in [4.78, 5) is 25.1. The number of ketones is 1. The minimum Gasteiger partial charge on any atom is -0.481 e. The van der Waals surface area contributed by atoms with Crippen molar-refractivity contribution in [2.75, 3.05) is 0 Å². The summed E-state index contributed by atoms with van der Waals surface area (Å²) >= 11 is 0. The van der Waals surface area contributed by atoms with Crippen molar-refractivity contribution in [3.8, 4) is 0 Å². The van der Waals surface area contributed by atoms with E-state index in [2.05, 4.69) is 26.5 Å². The lowest BCUT2D eigenvalue weighted by molar-refractivity contribution is -0.169. The minimum absolute atomic E-state index is 0.0320. The van der Waals surface area contributed by atoms with E-state index in [1.54, 1.807) is 6.08 Å².